The summed E-state index contributed by atoms with van der Waals surface area (Å²) in [4.78, 5) is 139. The second-order valence-electron chi connectivity index (χ2n) is 20.6. The number of aromatic nitrogens is 1. The molecule has 1 aliphatic heterocycles. The van der Waals surface area contributed by atoms with E-state index >= 15 is 9.59 Å². The Morgan fingerprint density at radius 1 is 0.720 bits per heavy atom. The number of nitrogens with two attached hydrogens (primary N) is 5. The van der Waals surface area contributed by atoms with E-state index in [9.17, 15) is 33.6 Å². The van der Waals surface area contributed by atoms with Gasteiger partial charge in [0.25, 0.3) is 0 Å². The summed E-state index contributed by atoms with van der Waals surface area (Å²) in [6.45, 7) is 2.97. The van der Waals surface area contributed by atoms with Crippen molar-refractivity contribution in [1.82, 2.24) is 31.6 Å². The number of hydrogen-bond acceptors (Lipinski definition) is 12. The molecule has 1 saturated heterocycles. The van der Waals surface area contributed by atoms with Crippen molar-refractivity contribution in [1.29, 1.82) is 0 Å². The topological polar surface area (TPSA) is 394 Å². The molecule has 1 unspecified atom stereocenters. The number of carbonyl (C=O) groups excluding carboxylic acids is 9. The largest absolute Gasteiger partial charge is 0.371 e. The summed E-state index contributed by atoms with van der Waals surface area (Å²) in [6, 6.07) is 16.3. The lowest BCUT2D eigenvalue weighted by Gasteiger charge is -2.30. The number of Topliss-reactive ketones (excluding diaryl/α,β-unsaturated/α-hetero) is 3. The molecule has 4 aromatic rings. The molecule has 2 heterocycles. The van der Waals surface area contributed by atoms with Gasteiger partial charge in [-0.25, -0.2) is 0 Å². The molecule has 24 heteroatoms. The summed E-state index contributed by atoms with van der Waals surface area (Å²) in [5, 5.41) is 14.7. The van der Waals surface area contributed by atoms with Crippen LogP contribution in [0.25, 0.3) is 10.9 Å². The van der Waals surface area contributed by atoms with Gasteiger partial charge in [-0.2, -0.15) is 0 Å². The van der Waals surface area contributed by atoms with Crippen molar-refractivity contribution in [2.75, 3.05) is 13.1 Å². The monoisotopic (exact) mass is 1150 g/mol. The summed E-state index contributed by atoms with van der Waals surface area (Å²) in [5.41, 5.74) is 30.8. The molecular weight excluding hydrogens is 1070 g/mol. The van der Waals surface area contributed by atoms with Crippen LogP contribution < -0.4 is 55.3 Å². The molecule has 0 radical (unpaired) electrons. The molecule has 0 bridgehead atoms. The smallest absolute Gasteiger partial charge is 0.245 e. The maximum absolute atomic E-state index is 15.1. The van der Waals surface area contributed by atoms with Gasteiger partial charge in [0.15, 0.2) is 17.7 Å². The van der Waals surface area contributed by atoms with Crippen LogP contribution in [0.5, 0.6) is 0 Å². The van der Waals surface area contributed by atoms with Gasteiger partial charge in [-0.3, -0.25) is 53.1 Å². The average Bonchev–Trinajstić information content (AvgIpc) is 3.86. The minimum absolute atomic E-state index is 0.0142. The van der Waals surface area contributed by atoms with E-state index in [1.807, 2.05) is 30.3 Å². The van der Waals surface area contributed by atoms with Crippen LogP contribution in [0.1, 0.15) is 108 Å². The van der Waals surface area contributed by atoms with Gasteiger partial charge in [0, 0.05) is 86.1 Å². The number of para-hydroxylation sites is 1. The summed E-state index contributed by atoms with van der Waals surface area (Å²) < 4.78 is 6.24. The molecule has 1 aliphatic rings. The SMILES string of the molecule is CC(=O)N[C@@H](CCCN=C(N)N)C(=O)N[C@H]1CCC(=O)CCCC[C@@H](C(N)=O)NC(=O)[C@H](Cc2c[nH]c3ccccc23)CC(=O)[C@H](CCCN=C(N)N)CC(=O)[C@@H](Cc2ccccc2Cl)NC(=O)C([C@@H](C)OCc2ccccc2)NC1=O. The number of primary amides is 1. The zero-order chi connectivity index (χ0) is 59.7. The number of guanidine groups is 2. The summed E-state index contributed by atoms with van der Waals surface area (Å²) in [6.07, 6.45) is 0.274. The summed E-state index contributed by atoms with van der Waals surface area (Å²) >= 11 is 6.69. The number of ether oxygens (including phenoxy) is 1. The third kappa shape index (κ3) is 21.4. The Morgan fingerprint density at radius 3 is 2.09 bits per heavy atom. The predicted octanol–water partition coefficient (Wildman–Crippen LogP) is 2.32. The first-order chi connectivity index (χ1) is 39.2. The summed E-state index contributed by atoms with van der Waals surface area (Å²) in [5.74, 6) is -8.47. The van der Waals surface area contributed by atoms with Gasteiger partial charge in [-0.15, -0.1) is 0 Å². The first kappa shape index (κ1) is 64.6. The Bertz CT molecular complexity index is 2910. The molecular formula is C58H78ClN13O10. The minimum Gasteiger partial charge on any atom is -0.371 e. The molecule has 1 fully saturated rings. The number of rotatable bonds is 20. The second-order valence-corrected chi connectivity index (χ2v) is 21.0. The van der Waals surface area contributed by atoms with Crippen LogP contribution in [-0.4, -0.2) is 119 Å². The third-order valence-corrected chi connectivity index (χ3v) is 14.6. The number of nitrogens with one attached hydrogen (secondary N) is 6. The first-order valence-corrected chi connectivity index (χ1v) is 28.0. The molecule has 5 rings (SSSR count). The predicted molar refractivity (Wildman–Crippen MR) is 311 cm³/mol. The number of ketones is 3. The second kappa shape index (κ2) is 32.9. The van der Waals surface area contributed by atoms with Crippen molar-refractivity contribution in [3.8, 4) is 0 Å². The van der Waals surface area contributed by atoms with Gasteiger partial charge in [-0.05, 0) is 87.1 Å². The molecule has 8 atom stereocenters. The fraction of sp³-hybridized carbons (Fsp3) is 0.466. The number of halogens is 1. The van der Waals surface area contributed by atoms with E-state index in [4.69, 9.17) is 45.0 Å². The lowest BCUT2D eigenvalue weighted by Crippen LogP contribution is -2.60. The zero-order valence-corrected chi connectivity index (χ0v) is 47.2. The molecule has 3 aromatic carbocycles. The maximum Gasteiger partial charge on any atom is 0.245 e. The van der Waals surface area contributed by atoms with Crippen molar-refractivity contribution in [2.24, 2.45) is 50.5 Å². The quantitative estimate of drug-likeness (QED) is 0.0344. The molecule has 0 spiro atoms. The highest BCUT2D eigenvalue weighted by Gasteiger charge is 2.37. The van der Waals surface area contributed by atoms with Gasteiger partial charge in [0.05, 0.1) is 18.8 Å². The van der Waals surface area contributed by atoms with E-state index in [1.165, 1.54) is 6.92 Å². The Morgan fingerprint density at radius 2 is 1.39 bits per heavy atom. The van der Waals surface area contributed by atoms with E-state index < -0.39 is 102 Å². The highest BCUT2D eigenvalue weighted by Crippen LogP contribution is 2.27. The van der Waals surface area contributed by atoms with E-state index in [0.29, 0.717) is 5.56 Å². The Balaban J connectivity index is 1.59. The van der Waals surface area contributed by atoms with E-state index in [-0.39, 0.29) is 126 Å². The zero-order valence-electron chi connectivity index (χ0n) is 46.5. The van der Waals surface area contributed by atoms with Crippen molar-refractivity contribution < 1.29 is 47.9 Å². The van der Waals surface area contributed by atoms with Crippen molar-refractivity contribution in [3.05, 3.63) is 107 Å². The third-order valence-electron chi connectivity index (χ3n) is 14.2. The van der Waals surface area contributed by atoms with Crippen LogP contribution in [0, 0.1) is 11.8 Å². The normalized spacial score (nSPS) is 21.0. The molecule has 23 nitrogen and oxygen atoms in total. The van der Waals surface area contributed by atoms with Crippen molar-refractivity contribution in [2.45, 2.75) is 147 Å². The fourth-order valence-corrected chi connectivity index (χ4v) is 9.93. The number of nitrogens with zero attached hydrogens (tertiary/aromatic N) is 2. The number of aliphatic imine (C=N–C) groups is 2. The standard InChI is InChI=1S/C58H78ClN13O10/c1-34(82-33-36-14-4-3-5-15-36)51-56(81)71-48(29-37-16-6-9-20-43(37)59)50(76)30-38(17-12-26-65-57(61)62)49(75)31-39(28-40-32-67-44-21-11-8-19-42(40)44)53(78)69-45(52(60)77)22-10-7-18-41(74)24-25-47(55(80)72-51)70-54(79)46(68-35(2)73)23-13-27-66-58(63)64/h3-6,8-9,11,14-16,19-21,32,34,38-39,45-48,51,67H,7,10,12-13,17-18,22-31,33H2,1-2H3,(H2,60,77)(H,68,73)(H,69,78)(H,70,79)(H,71,81)(H,72,80)(H4,61,62,65)(H4,63,64,66)/t34-,38-,39-,45+,46+,47+,48-,51?/m1/s1. The number of benzene rings is 3. The van der Waals surface area contributed by atoms with Crippen molar-refractivity contribution >= 4 is 87.2 Å². The minimum atomic E-state index is -1.57. The molecule has 6 amide bonds. The molecule has 16 N–H and O–H groups in total. The summed E-state index contributed by atoms with van der Waals surface area (Å²) in [7, 11) is 0. The fourth-order valence-electron chi connectivity index (χ4n) is 9.71. The van der Waals surface area contributed by atoms with Gasteiger partial charge in [0.1, 0.15) is 35.7 Å². The van der Waals surface area contributed by atoms with Crippen molar-refractivity contribution in [3.63, 3.8) is 0 Å². The van der Waals surface area contributed by atoms with Gasteiger partial charge >= 0.3 is 0 Å². The van der Waals surface area contributed by atoms with Crippen LogP contribution >= 0.6 is 11.6 Å². The number of aromatic amines is 1. The number of amides is 6. The highest BCUT2D eigenvalue weighted by molar-refractivity contribution is 6.31. The van der Waals surface area contributed by atoms with Gasteiger partial charge in [-0.1, -0.05) is 84.8 Å². The van der Waals surface area contributed by atoms with E-state index in [0.717, 1.165) is 22.0 Å². The van der Waals surface area contributed by atoms with E-state index in [2.05, 4.69) is 41.6 Å². The average molecular weight is 1150 g/mol. The van der Waals surface area contributed by atoms with Crippen LogP contribution in [0.3, 0.4) is 0 Å². The van der Waals surface area contributed by atoms with Crippen LogP contribution in [0.2, 0.25) is 5.02 Å². The van der Waals surface area contributed by atoms with Crippen LogP contribution in [0.15, 0.2) is 95.0 Å². The Kier molecular flexibility index (Phi) is 25.9. The Hall–Kier alpha value is -8.18. The Labute approximate surface area is 481 Å². The molecule has 442 valence electrons. The highest BCUT2D eigenvalue weighted by atomic mass is 35.5. The maximum atomic E-state index is 15.1. The number of hydrogen-bond donors (Lipinski definition) is 11. The lowest BCUT2D eigenvalue weighted by atomic mass is 9.83. The molecule has 1 aromatic heterocycles. The number of fused-ring (bicyclic) bond motifs is 1. The lowest BCUT2D eigenvalue weighted by molar-refractivity contribution is -0.138. The molecule has 0 aliphatic carbocycles. The number of H-pyrrole nitrogens is 1. The molecule has 82 heavy (non-hydrogen) atoms. The van der Waals surface area contributed by atoms with Crippen LogP contribution in [-0.2, 0) is 67.3 Å². The van der Waals surface area contributed by atoms with Crippen LogP contribution in [0.4, 0.5) is 0 Å². The van der Waals surface area contributed by atoms with Gasteiger partial charge < -0.3 is 65.0 Å². The number of carbonyl (C=O) groups is 9. The van der Waals surface area contributed by atoms with E-state index in [1.54, 1.807) is 61.7 Å². The first-order valence-electron chi connectivity index (χ1n) is 27.6. The molecule has 0 saturated carbocycles. The van der Waals surface area contributed by atoms with Gasteiger partial charge in [0.2, 0.25) is 35.4 Å².